The van der Waals surface area contributed by atoms with Crippen LogP contribution in [0.15, 0.2) is 16.7 Å². The molecule has 4 rings (SSSR count). The van der Waals surface area contributed by atoms with E-state index in [1.165, 1.54) is 17.2 Å². The molecule has 1 saturated heterocycles. The summed E-state index contributed by atoms with van der Waals surface area (Å²) in [6.07, 6.45) is 1.26. The van der Waals surface area contributed by atoms with Gasteiger partial charge in [0.1, 0.15) is 16.9 Å². The van der Waals surface area contributed by atoms with E-state index in [0.717, 1.165) is 0 Å². The van der Waals surface area contributed by atoms with Crippen molar-refractivity contribution in [2.75, 3.05) is 13.1 Å². The summed E-state index contributed by atoms with van der Waals surface area (Å²) in [7, 11) is 0. The van der Waals surface area contributed by atoms with E-state index >= 15 is 0 Å². The molecular formula is C17H13BrClFN2O4. The lowest BCUT2D eigenvalue weighted by Gasteiger charge is -2.43. The zero-order valence-electron chi connectivity index (χ0n) is 13.4. The standard InChI is InChI=1S/C17H13BrClFN2O4/c18-12-10(19)5-8-14(13(12)20)21-7-9-11(23)6-17(26-15(8)9)1-3-22(4-2-17)16(24)25/h5,7H,1-4,6H2,(H,24,25). The van der Waals surface area contributed by atoms with Crippen molar-refractivity contribution in [1.29, 1.82) is 0 Å². The number of hydrogen-bond acceptors (Lipinski definition) is 4. The molecule has 1 spiro atoms. The van der Waals surface area contributed by atoms with Gasteiger partial charge in [0.25, 0.3) is 0 Å². The predicted molar refractivity (Wildman–Crippen MR) is 95.5 cm³/mol. The molecule has 0 unspecified atom stereocenters. The second-order valence-electron chi connectivity index (χ2n) is 6.54. The van der Waals surface area contributed by atoms with Crippen molar-refractivity contribution >= 4 is 50.3 Å². The van der Waals surface area contributed by atoms with E-state index < -0.39 is 17.5 Å². The van der Waals surface area contributed by atoms with Gasteiger partial charge in [0.15, 0.2) is 11.6 Å². The van der Waals surface area contributed by atoms with Gasteiger partial charge in [-0.25, -0.2) is 9.18 Å². The minimum Gasteiger partial charge on any atom is -0.485 e. The molecular weight excluding hydrogens is 431 g/mol. The van der Waals surface area contributed by atoms with Crippen molar-refractivity contribution in [2.45, 2.75) is 24.9 Å². The molecule has 0 radical (unpaired) electrons. The van der Waals surface area contributed by atoms with E-state index in [1.54, 1.807) is 0 Å². The Labute approximate surface area is 161 Å². The number of Topliss-reactive ketones (excluding diaryl/α,β-unsaturated/α-hetero) is 1. The van der Waals surface area contributed by atoms with Crippen molar-refractivity contribution in [3.63, 3.8) is 0 Å². The van der Waals surface area contributed by atoms with E-state index in [2.05, 4.69) is 20.9 Å². The molecule has 2 aromatic rings. The fourth-order valence-electron chi connectivity index (χ4n) is 3.55. The Balaban J connectivity index is 1.80. The van der Waals surface area contributed by atoms with Crippen molar-refractivity contribution in [3.8, 4) is 5.75 Å². The number of pyridine rings is 1. The second kappa shape index (κ2) is 6.06. The number of amides is 1. The molecule has 26 heavy (non-hydrogen) atoms. The first-order chi connectivity index (χ1) is 12.3. The minimum absolute atomic E-state index is 0.0628. The zero-order chi connectivity index (χ0) is 18.6. The van der Waals surface area contributed by atoms with Crippen LogP contribution in [0.25, 0.3) is 10.9 Å². The maximum absolute atomic E-state index is 14.5. The van der Waals surface area contributed by atoms with E-state index in [0.29, 0.717) is 23.8 Å². The van der Waals surface area contributed by atoms with Gasteiger partial charge in [-0.2, -0.15) is 0 Å². The van der Waals surface area contributed by atoms with Gasteiger partial charge in [-0.1, -0.05) is 11.6 Å². The fraction of sp³-hybridized carbons (Fsp3) is 0.353. The normalized spacial score (nSPS) is 18.7. The quantitative estimate of drug-likeness (QED) is 0.615. The van der Waals surface area contributed by atoms with Crippen molar-refractivity contribution < 1.29 is 23.8 Å². The summed E-state index contributed by atoms with van der Waals surface area (Å²) >= 11 is 9.16. The number of piperidine rings is 1. The number of ether oxygens (including phenoxy) is 1. The van der Waals surface area contributed by atoms with Crippen molar-refractivity contribution in [2.24, 2.45) is 0 Å². The monoisotopic (exact) mass is 442 g/mol. The van der Waals surface area contributed by atoms with Crippen LogP contribution in [0.4, 0.5) is 9.18 Å². The van der Waals surface area contributed by atoms with Crippen molar-refractivity contribution in [3.05, 3.63) is 33.1 Å². The van der Waals surface area contributed by atoms with Crippen LogP contribution in [0, 0.1) is 5.82 Å². The van der Waals surface area contributed by atoms with Crippen LogP contribution < -0.4 is 4.74 Å². The number of carbonyl (C=O) groups excluding carboxylic acids is 1. The smallest absolute Gasteiger partial charge is 0.407 e. The van der Waals surface area contributed by atoms with E-state index in [-0.39, 0.29) is 46.1 Å². The Morgan fingerprint density at radius 1 is 1.42 bits per heavy atom. The Kier molecular flexibility index (Phi) is 4.07. The van der Waals surface area contributed by atoms with Gasteiger partial charge in [-0.15, -0.1) is 0 Å². The number of fused-ring (bicyclic) bond motifs is 3. The van der Waals surface area contributed by atoms with E-state index in [1.807, 2.05) is 0 Å². The molecule has 1 aromatic heterocycles. The molecule has 3 heterocycles. The molecule has 9 heteroatoms. The summed E-state index contributed by atoms with van der Waals surface area (Å²) in [5.41, 5.74) is -0.435. The van der Waals surface area contributed by atoms with E-state index in [9.17, 15) is 14.0 Å². The number of carbonyl (C=O) groups is 2. The molecule has 1 aromatic carbocycles. The van der Waals surface area contributed by atoms with Gasteiger partial charge in [-0.3, -0.25) is 9.78 Å². The van der Waals surface area contributed by atoms with Gasteiger partial charge in [0, 0.05) is 37.5 Å². The fourth-order valence-corrected chi connectivity index (χ4v) is 4.05. The lowest BCUT2D eigenvalue weighted by atomic mass is 9.82. The first-order valence-electron chi connectivity index (χ1n) is 7.98. The summed E-state index contributed by atoms with van der Waals surface area (Å²) in [4.78, 5) is 29.2. The number of aromatic nitrogens is 1. The Bertz CT molecular complexity index is 960. The van der Waals surface area contributed by atoms with Crippen molar-refractivity contribution in [1.82, 2.24) is 9.88 Å². The lowest BCUT2D eigenvalue weighted by Crippen LogP contribution is -2.52. The minimum atomic E-state index is -0.990. The van der Waals surface area contributed by atoms with Gasteiger partial charge in [-0.05, 0) is 22.0 Å². The third kappa shape index (κ3) is 2.63. The molecule has 1 amide bonds. The predicted octanol–water partition coefficient (Wildman–Crippen LogP) is 4.27. The lowest BCUT2D eigenvalue weighted by molar-refractivity contribution is -0.00418. The number of hydrogen-bond donors (Lipinski definition) is 1. The molecule has 0 saturated carbocycles. The zero-order valence-corrected chi connectivity index (χ0v) is 15.7. The summed E-state index contributed by atoms with van der Waals surface area (Å²) < 4.78 is 20.8. The molecule has 6 nitrogen and oxygen atoms in total. The largest absolute Gasteiger partial charge is 0.485 e. The average molecular weight is 444 g/mol. The third-order valence-electron chi connectivity index (χ3n) is 5.00. The van der Waals surface area contributed by atoms with Crippen LogP contribution in [0.2, 0.25) is 5.02 Å². The van der Waals surface area contributed by atoms with Crippen LogP contribution in [-0.2, 0) is 0 Å². The summed E-state index contributed by atoms with van der Waals surface area (Å²) in [6, 6.07) is 1.52. The molecule has 2 aliphatic rings. The van der Waals surface area contributed by atoms with Gasteiger partial charge in [0.05, 0.1) is 21.5 Å². The van der Waals surface area contributed by atoms with E-state index in [4.69, 9.17) is 21.4 Å². The Morgan fingerprint density at radius 3 is 2.77 bits per heavy atom. The highest BCUT2D eigenvalue weighted by Gasteiger charge is 2.44. The molecule has 0 atom stereocenters. The summed E-state index contributed by atoms with van der Waals surface area (Å²) in [5.74, 6) is -0.501. The second-order valence-corrected chi connectivity index (χ2v) is 7.74. The molecule has 2 aliphatic heterocycles. The van der Waals surface area contributed by atoms with Gasteiger partial charge >= 0.3 is 6.09 Å². The topological polar surface area (TPSA) is 79.7 Å². The number of carboxylic acid groups (broad SMARTS) is 1. The first-order valence-corrected chi connectivity index (χ1v) is 9.15. The summed E-state index contributed by atoms with van der Waals surface area (Å²) in [5, 5.41) is 9.60. The highest BCUT2D eigenvalue weighted by molar-refractivity contribution is 9.10. The molecule has 0 aliphatic carbocycles. The molecule has 136 valence electrons. The maximum atomic E-state index is 14.5. The Hall–Kier alpha value is -1.93. The van der Waals surface area contributed by atoms with Gasteiger partial charge < -0.3 is 14.7 Å². The van der Waals surface area contributed by atoms with Crippen LogP contribution in [0.5, 0.6) is 5.75 Å². The molecule has 1 fully saturated rings. The highest BCUT2D eigenvalue weighted by atomic mass is 79.9. The average Bonchev–Trinajstić information content (AvgIpc) is 2.60. The molecule has 0 bridgehead atoms. The number of likely N-dealkylation sites (tertiary alicyclic amines) is 1. The SMILES string of the molecule is O=C1CC2(CCN(C(=O)O)CC2)Oc2c1cnc1c(F)c(Br)c(Cl)cc21. The molecule has 1 N–H and O–H groups in total. The van der Waals surface area contributed by atoms with Crippen LogP contribution in [0.1, 0.15) is 29.6 Å². The Morgan fingerprint density at radius 2 is 2.12 bits per heavy atom. The van der Waals surface area contributed by atoms with Gasteiger partial charge in [0.2, 0.25) is 0 Å². The van der Waals surface area contributed by atoms with Crippen LogP contribution >= 0.6 is 27.5 Å². The van der Waals surface area contributed by atoms with Crippen LogP contribution in [-0.4, -0.2) is 45.6 Å². The number of ketones is 1. The third-order valence-corrected chi connectivity index (χ3v) is 6.30. The number of rotatable bonds is 0. The number of benzene rings is 1. The maximum Gasteiger partial charge on any atom is 0.407 e. The number of halogens is 3. The highest BCUT2D eigenvalue weighted by Crippen LogP contribution is 2.44. The summed E-state index contributed by atoms with van der Waals surface area (Å²) in [6.45, 7) is 0.559. The van der Waals surface area contributed by atoms with Crippen LogP contribution in [0.3, 0.4) is 0 Å². The first kappa shape index (κ1) is 17.5. The number of nitrogens with zero attached hydrogens (tertiary/aromatic N) is 2.